The summed E-state index contributed by atoms with van der Waals surface area (Å²) in [5, 5.41) is 10.2. The van der Waals surface area contributed by atoms with Crippen LogP contribution in [-0.4, -0.2) is 71.4 Å². The Labute approximate surface area is 197 Å². The van der Waals surface area contributed by atoms with Crippen molar-refractivity contribution >= 4 is 37.8 Å². The molecule has 4 rings (SSSR count). The van der Waals surface area contributed by atoms with E-state index in [4.69, 9.17) is 11.5 Å². The molecular formula is C24H28N4O5S. The summed E-state index contributed by atoms with van der Waals surface area (Å²) < 4.78 is 28.5. The number of aromatic nitrogens is 2. The van der Waals surface area contributed by atoms with Crippen LogP contribution in [0.2, 0.25) is 0 Å². The van der Waals surface area contributed by atoms with Crippen LogP contribution in [0.5, 0.6) is 0 Å². The molecule has 2 aromatic heterocycles. The fourth-order valence-corrected chi connectivity index (χ4v) is 6.12. The largest absolute Gasteiger partial charge is 0.481 e. The normalized spacial score (nSPS) is 17.0. The molecule has 1 fully saturated rings. The topological polar surface area (TPSA) is 127 Å². The molecule has 1 atom stereocenters. The second-order valence-corrected chi connectivity index (χ2v) is 10.7. The van der Waals surface area contributed by atoms with Gasteiger partial charge in [-0.3, -0.25) is 9.59 Å². The first-order chi connectivity index (χ1) is 16.2. The molecule has 34 heavy (non-hydrogen) atoms. The molecule has 3 N–H and O–H groups in total. The third-order valence-corrected chi connectivity index (χ3v) is 8.33. The van der Waals surface area contributed by atoms with Gasteiger partial charge in [0.2, 0.25) is 10.0 Å². The molecule has 1 aliphatic rings. The fraction of sp³-hybridized carbons (Fsp3) is 0.417. The zero-order valence-corrected chi connectivity index (χ0v) is 19.8. The number of nitrogens with zero attached hydrogens (tertiary/aromatic N) is 2. The van der Waals surface area contributed by atoms with Crippen LogP contribution in [0.3, 0.4) is 0 Å². The van der Waals surface area contributed by atoms with Crippen molar-refractivity contribution in [3.05, 3.63) is 40.3 Å². The van der Waals surface area contributed by atoms with Crippen molar-refractivity contribution < 1.29 is 18.3 Å². The summed E-state index contributed by atoms with van der Waals surface area (Å²) in [6, 6.07) is 4.75. The number of carboxylic acids is 1. The Bertz CT molecular complexity index is 1430. The molecule has 0 bridgehead atoms. The first kappa shape index (κ1) is 24.0. The molecule has 1 saturated heterocycles. The number of sulfonamides is 1. The van der Waals surface area contributed by atoms with Crippen LogP contribution in [-0.2, 0) is 21.2 Å². The summed E-state index contributed by atoms with van der Waals surface area (Å²) in [4.78, 5) is 31.5. The smallest absolute Gasteiger partial charge is 0.303 e. The third-order valence-electron chi connectivity index (χ3n) is 6.53. The van der Waals surface area contributed by atoms with Crippen molar-refractivity contribution in [2.75, 3.05) is 26.7 Å². The lowest BCUT2D eigenvalue weighted by atomic mass is 10.0. The van der Waals surface area contributed by atoms with Crippen molar-refractivity contribution in [1.29, 1.82) is 0 Å². The van der Waals surface area contributed by atoms with E-state index in [0.717, 1.165) is 24.9 Å². The van der Waals surface area contributed by atoms with Gasteiger partial charge in [0.25, 0.3) is 5.56 Å². The minimum absolute atomic E-state index is 0.00406. The van der Waals surface area contributed by atoms with Crippen LogP contribution in [0.1, 0.15) is 31.2 Å². The number of likely N-dealkylation sites (N-methyl/N-ethyl adjacent to an activating group) is 1. The molecule has 1 unspecified atom stereocenters. The van der Waals surface area contributed by atoms with Gasteiger partial charge in [0.1, 0.15) is 5.52 Å². The van der Waals surface area contributed by atoms with Crippen molar-refractivity contribution in [2.45, 2.75) is 43.0 Å². The van der Waals surface area contributed by atoms with Gasteiger partial charge in [-0.05, 0) is 63.0 Å². The standard InChI is InChI=1S/C24H28N4O5S/c1-3-11-28(15-17-7-5-12-27(17)2)34(32,33)18-9-10-20-19(13-18)22-16(6-4-8-21(29)30)14-25-23(22)24(31)26-20/h1,9-10,13-14,17,25H,4-8,11-12,15H2,2H3,(H,26,31)(H,29,30). The monoisotopic (exact) mass is 484 g/mol. The number of carboxylic acid groups (broad SMARTS) is 1. The highest BCUT2D eigenvalue weighted by Crippen LogP contribution is 2.29. The predicted octanol–water partition coefficient (Wildman–Crippen LogP) is 2.13. The number of benzene rings is 1. The van der Waals surface area contributed by atoms with Crippen LogP contribution < -0.4 is 5.56 Å². The van der Waals surface area contributed by atoms with Gasteiger partial charge in [-0.25, -0.2) is 8.42 Å². The molecule has 3 heterocycles. The molecule has 180 valence electrons. The number of aliphatic carboxylic acids is 1. The lowest BCUT2D eigenvalue weighted by Crippen LogP contribution is -2.41. The summed E-state index contributed by atoms with van der Waals surface area (Å²) in [6.07, 6.45) is 9.98. The lowest BCUT2D eigenvalue weighted by Gasteiger charge is -2.27. The fourth-order valence-electron chi connectivity index (χ4n) is 4.71. The summed E-state index contributed by atoms with van der Waals surface area (Å²) in [5.74, 6) is 1.58. The van der Waals surface area contributed by atoms with E-state index in [1.54, 1.807) is 18.3 Å². The molecule has 1 aliphatic heterocycles. The van der Waals surface area contributed by atoms with Crippen molar-refractivity contribution in [2.24, 2.45) is 0 Å². The van der Waals surface area contributed by atoms with Gasteiger partial charge in [-0.1, -0.05) is 5.92 Å². The van der Waals surface area contributed by atoms with Crippen molar-refractivity contribution in [3.8, 4) is 12.3 Å². The van der Waals surface area contributed by atoms with Crippen molar-refractivity contribution in [1.82, 2.24) is 19.2 Å². The Hall–Kier alpha value is -3.13. The number of H-pyrrole nitrogens is 2. The van der Waals surface area contributed by atoms with E-state index in [1.165, 1.54) is 10.4 Å². The number of aromatic amines is 2. The zero-order valence-electron chi connectivity index (χ0n) is 19.0. The summed E-state index contributed by atoms with van der Waals surface area (Å²) >= 11 is 0. The quantitative estimate of drug-likeness (QED) is 0.400. The first-order valence-corrected chi connectivity index (χ1v) is 12.7. The SMILES string of the molecule is C#CCN(CC1CCCN1C)S(=O)(=O)c1ccc2[nH]c(=O)c3[nH]cc(CCCC(=O)O)c3c2c1. The maximum atomic E-state index is 13.6. The van der Waals surface area contributed by atoms with Crippen LogP contribution >= 0.6 is 0 Å². The van der Waals surface area contributed by atoms with Crippen LogP contribution in [0, 0.1) is 12.3 Å². The molecule has 10 heteroatoms. The second-order valence-electron chi connectivity index (χ2n) is 8.75. The van der Waals surface area contributed by atoms with Gasteiger partial charge in [0.15, 0.2) is 0 Å². The molecule has 3 aromatic rings. The predicted molar refractivity (Wildman–Crippen MR) is 130 cm³/mol. The average Bonchev–Trinajstić information content (AvgIpc) is 3.40. The van der Waals surface area contributed by atoms with Crippen LogP contribution in [0.25, 0.3) is 21.8 Å². The maximum absolute atomic E-state index is 13.6. The highest BCUT2D eigenvalue weighted by atomic mass is 32.2. The van der Waals surface area contributed by atoms with Gasteiger partial charge in [-0.15, -0.1) is 6.42 Å². The molecule has 0 saturated carbocycles. The zero-order chi connectivity index (χ0) is 24.5. The van der Waals surface area contributed by atoms with Gasteiger partial charge < -0.3 is 20.0 Å². The van der Waals surface area contributed by atoms with Gasteiger partial charge in [0.05, 0.1) is 11.4 Å². The Morgan fingerprint density at radius 3 is 2.85 bits per heavy atom. The minimum atomic E-state index is -3.88. The Balaban J connectivity index is 1.77. The number of carbonyl (C=O) groups is 1. The Morgan fingerprint density at radius 2 is 2.18 bits per heavy atom. The number of aryl methyl sites for hydroxylation is 1. The van der Waals surface area contributed by atoms with E-state index in [0.29, 0.717) is 41.2 Å². The summed E-state index contributed by atoms with van der Waals surface area (Å²) in [5.41, 5.74) is 1.30. The number of rotatable bonds is 9. The molecule has 9 nitrogen and oxygen atoms in total. The van der Waals surface area contributed by atoms with E-state index in [1.807, 2.05) is 7.05 Å². The highest BCUT2D eigenvalue weighted by Gasteiger charge is 2.30. The van der Waals surface area contributed by atoms with Gasteiger partial charge in [-0.2, -0.15) is 4.31 Å². The summed E-state index contributed by atoms with van der Waals surface area (Å²) in [7, 11) is -1.90. The van der Waals surface area contributed by atoms with Crippen LogP contribution in [0.15, 0.2) is 34.1 Å². The summed E-state index contributed by atoms with van der Waals surface area (Å²) in [6.45, 7) is 1.21. The molecular weight excluding hydrogens is 456 g/mol. The lowest BCUT2D eigenvalue weighted by molar-refractivity contribution is -0.137. The number of pyridine rings is 1. The number of hydrogen-bond donors (Lipinski definition) is 3. The Morgan fingerprint density at radius 1 is 1.38 bits per heavy atom. The van der Waals surface area contributed by atoms with E-state index in [2.05, 4.69) is 20.8 Å². The second kappa shape index (κ2) is 9.62. The molecule has 1 aromatic carbocycles. The van der Waals surface area contributed by atoms with E-state index in [-0.39, 0.29) is 29.5 Å². The van der Waals surface area contributed by atoms with Gasteiger partial charge in [0, 0.05) is 41.5 Å². The highest BCUT2D eigenvalue weighted by molar-refractivity contribution is 7.89. The molecule has 0 radical (unpaired) electrons. The number of likely N-dealkylation sites (tertiary alicyclic amines) is 1. The number of nitrogens with one attached hydrogen (secondary N) is 2. The first-order valence-electron chi connectivity index (χ1n) is 11.2. The minimum Gasteiger partial charge on any atom is -0.481 e. The van der Waals surface area contributed by atoms with E-state index >= 15 is 0 Å². The van der Waals surface area contributed by atoms with Crippen LogP contribution in [0.4, 0.5) is 0 Å². The molecule has 0 aliphatic carbocycles. The molecule has 0 spiro atoms. The number of hydrogen-bond acceptors (Lipinski definition) is 5. The number of terminal acetylenes is 1. The average molecular weight is 485 g/mol. The Kier molecular flexibility index (Phi) is 6.79. The van der Waals surface area contributed by atoms with Crippen molar-refractivity contribution in [3.63, 3.8) is 0 Å². The third kappa shape index (κ3) is 4.59. The van der Waals surface area contributed by atoms with Gasteiger partial charge >= 0.3 is 5.97 Å². The maximum Gasteiger partial charge on any atom is 0.303 e. The number of fused-ring (bicyclic) bond motifs is 3. The van der Waals surface area contributed by atoms with E-state index in [9.17, 15) is 18.0 Å². The van der Waals surface area contributed by atoms with E-state index < -0.39 is 16.0 Å². The molecule has 0 amide bonds.